The fraction of sp³-hybridized carbons (Fsp3) is 0.391. The molecule has 1 aliphatic rings. The minimum absolute atomic E-state index is 0.150. The van der Waals surface area contributed by atoms with Crippen molar-refractivity contribution in [2.45, 2.75) is 42.6 Å². The van der Waals surface area contributed by atoms with Gasteiger partial charge < -0.3 is 15.4 Å². The van der Waals surface area contributed by atoms with Gasteiger partial charge in [-0.2, -0.15) is 0 Å². The molecule has 2 aromatic carbocycles. The molecule has 0 bridgehead atoms. The average molecular weight is 477 g/mol. The minimum Gasteiger partial charge on any atom is -0.466 e. The minimum atomic E-state index is -3.78. The van der Waals surface area contributed by atoms with Gasteiger partial charge in [0.05, 0.1) is 29.3 Å². The molecule has 172 valence electrons. The summed E-state index contributed by atoms with van der Waals surface area (Å²) in [5, 5.41) is 5.44. The molecule has 0 saturated carbocycles. The van der Waals surface area contributed by atoms with Gasteiger partial charge in [-0.3, -0.25) is 4.79 Å². The van der Waals surface area contributed by atoms with E-state index in [2.05, 4.69) is 10.6 Å². The molecule has 3 unspecified atom stereocenters. The van der Waals surface area contributed by atoms with Crippen LogP contribution in [0.4, 0.5) is 4.79 Å². The number of nitrogens with one attached hydrogen (secondary N) is 2. The van der Waals surface area contributed by atoms with Crippen LogP contribution >= 0.6 is 11.8 Å². The van der Waals surface area contributed by atoms with Crippen molar-refractivity contribution >= 4 is 33.6 Å². The second kappa shape index (κ2) is 9.95. The van der Waals surface area contributed by atoms with E-state index in [-0.39, 0.29) is 11.5 Å². The number of hydrogen-bond donors (Lipinski definition) is 2. The molecule has 0 spiro atoms. The first-order valence-corrected chi connectivity index (χ1v) is 13.2. The van der Waals surface area contributed by atoms with Crippen molar-refractivity contribution in [2.75, 3.05) is 18.6 Å². The van der Waals surface area contributed by atoms with E-state index in [0.29, 0.717) is 0 Å². The van der Waals surface area contributed by atoms with Crippen molar-refractivity contribution in [2.24, 2.45) is 5.92 Å². The Kier molecular flexibility index (Phi) is 7.51. The zero-order chi connectivity index (χ0) is 23.5. The van der Waals surface area contributed by atoms with Crippen molar-refractivity contribution in [3.63, 3.8) is 0 Å². The van der Waals surface area contributed by atoms with Gasteiger partial charge in [-0.1, -0.05) is 18.2 Å². The SMILES string of the molecule is CCOC(=O)C1C(CS(=O)(=O)c2ccc(C)c(C)c2)NC(=O)NC1c1cccc(SC)c1. The smallest absolute Gasteiger partial charge is 0.315 e. The van der Waals surface area contributed by atoms with Crippen molar-refractivity contribution in [1.82, 2.24) is 10.6 Å². The van der Waals surface area contributed by atoms with Crippen LogP contribution in [-0.2, 0) is 19.4 Å². The number of benzene rings is 2. The molecule has 2 aromatic rings. The van der Waals surface area contributed by atoms with Crippen LogP contribution in [0.3, 0.4) is 0 Å². The molecule has 0 aromatic heterocycles. The summed E-state index contributed by atoms with van der Waals surface area (Å²) < 4.78 is 31.7. The number of sulfone groups is 1. The Morgan fingerprint density at radius 1 is 1.09 bits per heavy atom. The Morgan fingerprint density at radius 2 is 1.84 bits per heavy atom. The third kappa shape index (κ3) is 5.27. The highest BCUT2D eigenvalue weighted by Crippen LogP contribution is 2.32. The van der Waals surface area contributed by atoms with E-state index >= 15 is 0 Å². The Hall–Kier alpha value is -2.52. The third-order valence-corrected chi connectivity index (χ3v) is 8.14. The summed E-state index contributed by atoms with van der Waals surface area (Å²) >= 11 is 1.54. The maximum atomic E-state index is 13.2. The van der Waals surface area contributed by atoms with Crippen LogP contribution in [0.25, 0.3) is 0 Å². The van der Waals surface area contributed by atoms with Crippen LogP contribution in [0.1, 0.15) is 29.7 Å². The highest BCUT2D eigenvalue weighted by molar-refractivity contribution is 7.98. The van der Waals surface area contributed by atoms with Gasteiger partial charge in [0, 0.05) is 4.90 Å². The highest BCUT2D eigenvalue weighted by atomic mass is 32.2. The van der Waals surface area contributed by atoms with E-state index in [1.54, 1.807) is 25.1 Å². The number of hydrogen-bond acceptors (Lipinski definition) is 6. The lowest BCUT2D eigenvalue weighted by Crippen LogP contribution is -2.60. The lowest BCUT2D eigenvalue weighted by molar-refractivity contribution is -0.150. The summed E-state index contributed by atoms with van der Waals surface area (Å²) in [5.74, 6) is -1.88. The van der Waals surface area contributed by atoms with Crippen LogP contribution < -0.4 is 10.6 Å². The van der Waals surface area contributed by atoms with Gasteiger partial charge in [-0.05, 0) is 68.0 Å². The number of rotatable bonds is 7. The predicted molar refractivity (Wildman–Crippen MR) is 125 cm³/mol. The van der Waals surface area contributed by atoms with Gasteiger partial charge in [0.15, 0.2) is 9.84 Å². The first-order chi connectivity index (χ1) is 15.2. The molecule has 3 atom stereocenters. The van der Waals surface area contributed by atoms with E-state index in [1.807, 2.05) is 44.4 Å². The number of aryl methyl sites for hydroxylation is 2. The molecule has 0 radical (unpaired) electrons. The molecule has 1 heterocycles. The number of carbonyl (C=O) groups is 2. The van der Waals surface area contributed by atoms with Gasteiger partial charge in [-0.25, -0.2) is 13.2 Å². The molecule has 1 saturated heterocycles. The summed E-state index contributed by atoms with van der Waals surface area (Å²) in [6.45, 7) is 5.59. The molecule has 0 aliphatic carbocycles. The number of esters is 1. The van der Waals surface area contributed by atoms with Crippen LogP contribution in [0.5, 0.6) is 0 Å². The van der Waals surface area contributed by atoms with Gasteiger partial charge >= 0.3 is 12.0 Å². The summed E-state index contributed by atoms with van der Waals surface area (Å²) in [6.07, 6.45) is 1.93. The summed E-state index contributed by atoms with van der Waals surface area (Å²) in [7, 11) is -3.78. The molecule has 1 fully saturated rings. The zero-order valence-corrected chi connectivity index (χ0v) is 20.2. The summed E-state index contributed by atoms with van der Waals surface area (Å²) in [4.78, 5) is 26.6. The number of amides is 2. The molecule has 1 aliphatic heterocycles. The standard InChI is InChI=1S/C23H28N2O5S2/c1-5-30-22(26)20-19(13-32(28,29)18-10-9-14(2)15(3)11-18)24-23(27)25-21(20)16-7-6-8-17(12-16)31-4/h6-12,19-21H,5,13H2,1-4H3,(H2,24,25,27). The molecular formula is C23H28N2O5S2. The quantitative estimate of drug-likeness (QED) is 0.469. The lowest BCUT2D eigenvalue weighted by atomic mass is 9.86. The first-order valence-electron chi connectivity index (χ1n) is 10.3. The molecule has 7 nitrogen and oxygen atoms in total. The van der Waals surface area contributed by atoms with Crippen LogP contribution in [0.15, 0.2) is 52.3 Å². The average Bonchev–Trinajstić information content (AvgIpc) is 2.75. The number of urea groups is 1. The second-order valence-corrected chi connectivity index (χ2v) is 10.7. The molecule has 2 amide bonds. The summed E-state index contributed by atoms with van der Waals surface area (Å²) in [6, 6.07) is 10.2. The number of ether oxygens (including phenoxy) is 1. The monoisotopic (exact) mass is 476 g/mol. The second-order valence-electron chi connectivity index (χ2n) is 7.78. The van der Waals surface area contributed by atoms with Crippen molar-refractivity contribution in [3.8, 4) is 0 Å². The largest absolute Gasteiger partial charge is 0.466 e. The van der Waals surface area contributed by atoms with Crippen molar-refractivity contribution in [1.29, 1.82) is 0 Å². The van der Waals surface area contributed by atoms with E-state index in [9.17, 15) is 18.0 Å². The van der Waals surface area contributed by atoms with Crippen LogP contribution in [0, 0.1) is 19.8 Å². The van der Waals surface area contributed by atoms with E-state index in [4.69, 9.17) is 4.74 Å². The summed E-state index contributed by atoms with van der Waals surface area (Å²) in [5.41, 5.74) is 2.56. The van der Waals surface area contributed by atoms with Crippen LogP contribution in [-0.4, -0.2) is 45.1 Å². The molecule has 3 rings (SSSR count). The number of thioether (sulfide) groups is 1. The molecule has 2 N–H and O–H groups in total. The Bertz CT molecular complexity index is 1120. The number of carbonyl (C=O) groups excluding carboxylic acids is 2. The molecule has 9 heteroatoms. The van der Waals surface area contributed by atoms with Crippen molar-refractivity contribution < 1.29 is 22.7 Å². The zero-order valence-electron chi connectivity index (χ0n) is 18.5. The maximum Gasteiger partial charge on any atom is 0.315 e. The van der Waals surface area contributed by atoms with Gasteiger partial charge in [-0.15, -0.1) is 11.8 Å². The van der Waals surface area contributed by atoms with Gasteiger partial charge in [0.2, 0.25) is 0 Å². The van der Waals surface area contributed by atoms with Gasteiger partial charge in [0.1, 0.15) is 5.92 Å². The highest BCUT2D eigenvalue weighted by Gasteiger charge is 2.45. The molecule has 32 heavy (non-hydrogen) atoms. The van der Waals surface area contributed by atoms with E-state index < -0.39 is 45.6 Å². The van der Waals surface area contributed by atoms with Crippen molar-refractivity contribution in [3.05, 3.63) is 59.2 Å². The van der Waals surface area contributed by atoms with Crippen LogP contribution in [0.2, 0.25) is 0 Å². The third-order valence-electron chi connectivity index (χ3n) is 5.64. The van der Waals surface area contributed by atoms with Gasteiger partial charge in [0.25, 0.3) is 0 Å². The topological polar surface area (TPSA) is 102 Å². The maximum absolute atomic E-state index is 13.2. The van der Waals surface area contributed by atoms with E-state index in [0.717, 1.165) is 21.6 Å². The molecular weight excluding hydrogens is 448 g/mol. The normalized spacial score (nSPS) is 20.9. The lowest BCUT2D eigenvalue weighted by Gasteiger charge is -2.38. The van der Waals surface area contributed by atoms with E-state index in [1.165, 1.54) is 11.8 Å². The fourth-order valence-electron chi connectivity index (χ4n) is 3.81. The first kappa shape index (κ1) is 24.1. The fourth-order valence-corrected chi connectivity index (χ4v) is 5.87. The predicted octanol–water partition coefficient (Wildman–Crippen LogP) is 3.40. The Balaban J connectivity index is 2.00. The Labute approximate surface area is 193 Å². The Morgan fingerprint density at radius 3 is 2.50 bits per heavy atom.